The molecule has 190 valence electrons. The van der Waals surface area contributed by atoms with E-state index < -0.39 is 12.3 Å². The Balaban J connectivity index is 1.34. The highest BCUT2D eigenvalue weighted by Gasteiger charge is 2.50. The molecule has 33 heavy (non-hydrogen) atoms. The number of rotatable bonds is 0. The van der Waals surface area contributed by atoms with E-state index in [1.165, 1.54) is 109 Å². The fourth-order valence-electron chi connectivity index (χ4n) is 9.96. The molecule has 5 fully saturated rings. The molecule has 0 radical (unpaired) electrons. The first kappa shape index (κ1) is 24.5. The highest BCUT2D eigenvalue weighted by atomic mass is 19.1. The van der Waals surface area contributed by atoms with Crippen molar-refractivity contribution in [3.8, 4) is 0 Å². The lowest BCUT2D eigenvalue weighted by atomic mass is 9.61. The zero-order chi connectivity index (χ0) is 22.6. The van der Waals surface area contributed by atoms with Crippen LogP contribution in [0.15, 0.2) is 0 Å². The van der Waals surface area contributed by atoms with Gasteiger partial charge >= 0.3 is 0 Å². The van der Waals surface area contributed by atoms with Crippen LogP contribution in [-0.2, 0) is 0 Å². The molecule has 5 rings (SSSR count). The molecule has 0 aliphatic heterocycles. The van der Waals surface area contributed by atoms with Gasteiger partial charge in [0.15, 0.2) is 0 Å². The van der Waals surface area contributed by atoms with E-state index in [2.05, 4.69) is 0 Å². The fraction of sp³-hybridized carbons (Fsp3) is 1.00. The van der Waals surface area contributed by atoms with Crippen molar-refractivity contribution in [3.63, 3.8) is 0 Å². The molecule has 0 saturated heterocycles. The molecule has 0 aromatic rings. The van der Waals surface area contributed by atoms with Gasteiger partial charge in [0, 0.05) is 0 Å². The summed E-state index contributed by atoms with van der Waals surface area (Å²) in [6.45, 7) is 0. The standard InChI is InChI=1S/C31H52F2/c32-26-19-25-18-23-13-9-5-3-7-11-15-28(23)31(25)30(33)20-24-17-16-22-12-8-4-1-2-6-10-14-27(22)29(24)21-26/h22-31H,1-21H2. The summed E-state index contributed by atoms with van der Waals surface area (Å²) < 4.78 is 32.1. The highest BCUT2D eigenvalue weighted by Crippen LogP contribution is 2.56. The summed E-state index contributed by atoms with van der Waals surface area (Å²) in [5.41, 5.74) is 0. The Bertz CT molecular complexity index is 589. The lowest BCUT2D eigenvalue weighted by Crippen LogP contribution is -2.38. The van der Waals surface area contributed by atoms with E-state index in [1.807, 2.05) is 0 Å². The van der Waals surface area contributed by atoms with Gasteiger partial charge in [0.25, 0.3) is 0 Å². The number of hydrogen-bond donors (Lipinski definition) is 0. The second-order valence-electron chi connectivity index (χ2n) is 13.3. The van der Waals surface area contributed by atoms with E-state index in [-0.39, 0.29) is 5.92 Å². The molecule has 0 N–H and O–H groups in total. The van der Waals surface area contributed by atoms with Crippen molar-refractivity contribution in [1.29, 1.82) is 0 Å². The maximum Gasteiger partial charge on any atom is 0.104 e. The Morgan fingerprint density at radius 2 is 0.909 bits per heavy atom. The lowest BCUT2D eigenvalue weighted by molar-refractivity contribution is 0.0272. The molecule has 0 amide bonds. The molecule has 0 heterocycles. The summed E-state index contributed by atoms with van der Waals surface area (Å²) in [6, 6.07) is 0. The summed E-state index contributed by atoms with van der Waals surface area (Å²) in [6.07, 6.45) is 24.6. The summed E-state index contributed by atoms with van der Waals surface area (Å²) in [4.78, 5) is 0. The number of hydrogen-bond acceptors (Lipinski definition) is 0. The van der Waals surface area contributed by atoms with Crippen LogP contribution in [0.2, 0.25) is 0 Å². The van der Waals surface area contributed by atoms with Crippen molar-refractivity contribution in [2.24, 2.45) is 47.3 Å². The molecule has 5 saturated carbocycles. The van der Waals surface area contributed by atoms with Crippen LogP contribution in [0.5, 0.6) is 0 Å². The van der Waals surface area contributed by atoms with E-state index in [0.717, 1.165) is 25.2 Å². The van der Waals surface area contributed by atoms with E-state index >= 15 is 8.78 Å². The average Bonchev–Trinajstić information content (AvgIpc) is 3.19. The van der Waals surface area contributed by atoms with Gasteiger partial charge in [-0.1, -0.05) is 83.5 Å². The van der Waals surface area contributed by atoms with Crippen molar-refractivity contribution in [1.82, 2.24) is 0 Å². The molecule has 5 aliphatic carbocycles. The predicted molar refractivity (Wildman–Crippen MR) is 135 cm³/mol. The highest BCUT2D eigenvalue weighted by molar-refractivity contribution is 4.99. The zero-order valence-electron chi connectivity index (χ0n) is 21.4. The minimum absolute atomic E-state index is 0.173. The van der Waals surface area contributed by atoms with Gasteiger partial charge in [0.1, 0.15) is 12.3 Å². The van der Waals surface area contributed by atoms with E-state index in [0.29, 0.717) is 41.9 Å². The Labute approximate surface area is 203 Å². The third-order valence-corrected chi connectivity index (χ3v) is 11.4. The minimum Gasteiger partial charge on any atom is -0.247 e. The Morgan fingerprint density at radius 3 is 1.64 bits per heavy atom. The van der Waals surface area contributed by atoms with Gasteiger partial charge in [-0.25, -0.2) is 8.78 Å². The summed E-state index contributed by atoms with van der Waals surface area (Å²) in [7, 11) is 0. The van der Waals surface area contributed by atoms with E-state index in [9.17, 15) is 0 Å². The van der Waals surface area contributed by atoms with Crippen molar-refractivity contribution >= 4 is 0 Å². The summed E-state index contributed by atoms with van der Waals surface area (Å²) >= 11 is 0. The molecule has 0 bridgehead atoms. The smallest absolute Gasteiger partial charge is 0.104 e. The second-order valence-corrected chi connectivity index (χ2v) is 13.3. The summed E-state index contributed by atoms with van der Waals surface area (Å²) in [5.74, 6) is 4.14. The van der Waals surface area contributed by atoms with Gasteiger partial charge < -0.3 is 0 Å². The minimum atomic E-state index is -0.684. The van der Waals surface area contributed by atoms with Crippen LogP contribution < -0.4 is 0 Å². The fourth-order valence-corrected chi connectivity index (χ4v) is 9.96. The molecular weight excluding hydrogens is 410 g/mol. The van der Waals surface area contributed by atoms with Crippen LogP contribution in [0, 0.1) is 47.3 Å². The van der Waals surface area contributed by atoms with Crippen LogP contribution in [-0.4, -0.2) is 12.3 Å². The van der Waals surface area contributed by atoms with Crippen molar-refractivity contribution in [3.05, 3.63) is 0 Å². The van der Waals surface area contributed by atoms with Crippen molar-refractivity contribution in [2.75, 3.05) is 0 Å². The molecule has 5 aliphatic rings. The number of alkyl halides is 2. The molecule has 0 aromatic heterocycles. The van der Waals surface area contributed by atoms with Crippen LogP contribution in [0.4, 0.5) is 8.78 Å². The second kappa shape index (κ2) is 11.7. The Hall–Kier alpha value is -0.140. The van der Waals surface area contributed by atoms with Crippen molar-refractivity contribution in [2.45, 2.75) is 147 Å². The average molecular weight is 463 g/mol. The quantitative estimate of drug-likeness (QED) is 0.336. The molecule has 0 nitrogen and oxygen atoms in total. The maximum atomic E-state index is 16.3. The first-order valence-corrected chi connectivity index (χ1v) is 15.5. The Morgan fingerprint density at radius 1 is 0.364 bits per heavy atom. The molecule has 2 heteroatoms. The maximum absolute atomic E-state index is 16.3. The molecule has 0 aromatic carbocycles. The molecule has 0 spiro atoms. The van der Waals surface area contributed by atoms with Crippen LogP contribution in [0.25, 0.3) is 0 Å². The van der Waals surface area contributed by atoms with Crippen LogP contribution in [0.1, 0.15) is 135 Å². The van der Waals surface area contributed by atoms with Gasteiger partial charge in [-0.3, -0.25) is 0 Å². The Kier molecular flexibility index (Phi) is 8.73. The molecule has 10 unspecified atom stereocenters. The lowest BCUT2D eigenvalue weighted by Gasteiger charge is -2.45. The third kappa shape index (κ3) is 5.82. The largest absolute Gasteiger partial charge is 0.247 e. The molecular formula is C31H52F2. The number of fused-ring (bicyclic) bond motifs is 6. The van der Waals surface area contributed by atoms with Crippen LogP contribution >= 0.6 is 0 Å². The van der Waals surface area contributed by atoms with Crippen molar-refractivity contribution < 1.29 is 8.78 Å². The van der Waals surface area contributed by atoms with Gasteiger partial charge in [-0.15, -0.1) is 0 Å². The first-order chi connectivity index (χ1) is 16.2. The van der Waals surface area contributed by atoms with Gasteiger partial charge in [0.2, 0.25) is 0 Å². The topological polar surface area (TPSA) is 0 Å². The number of halogens is 2. The zero-order valence-corrected chi connectivity index (χ0v) is 21.4. The molecule has 10 atom stereocenters. The summed E-state index contributed by atoms with van der Waals surface area (Å²) in [5, 5.41) is 0. The SMILES string of the molecule is FC1CC2CC3CCCCCCCC3C2C(F)CC2CCC3CCCCCCCCC3C2C1. The predicted octanol–water partition coefficient (Wildman–Crippen LogP) is 9.85. The normalized spacial score (nSPS) is 48.2. The van der Waals surface area contributed by atoms with Crippen LogP contribution in [0.3, 0.4) is 0 Å². The van der Waals surface area contributed by atoms with Gasteiger partial charge in [-0.05, 0) is 98.7 Å². The first-order valence-electron chi connectivity index (χ1n) is 15.5. The van der Waals surface area contributed by atoms with Gasteiger partial charge in [0.05, 0.1) is 0 Å². The van der Waals surface area contributed by atoms with E-state index in [1.54, 1.807) is 0 Å². The third-order valence-electron chi connectivity index (χ3n) is 11.4. The van der Waals surface area contributed by atoms with E-state index in [4.69, 9.17) is 0 Å². The van der Waals surface area contributed by atoms with Gasteiger partial charge in [-0.2, -0.15) is 0 Å². The monoisotopic (exact) mass is 462 g/mol.